The normalized spacial score (nSPS) is 13.3. The third-order valence-corrected chi connectivity index (χ3v) is 13.0. The van der Waals surface area contributed by atoms with Crippen molar-refractivity contribution in [3.63, 3.8) is 0 Å². The first-order chi connectivity index (χ1) is 29.6. The second-order valence-corrected chi connectivity index (χ2v) is 19.0. The number of hydrogen-bond donors (Lipinski definition) is 0. The molecule has 0 spiro atoms. The van der Waals surface area contributed by atoms with E-state index in [9.17, 15) is 0 Å². The van der Waals surface area contributed by atoms with Gasteiger partial charge < -0.3 is 9.80 Å². The fraction of sp³-hybridized carbons (Fsp3) is 0.138. The maximum Gasteiger partial charge on any atom is 0.252 e. The molecule has 2 aliphatic rings. The summed E-state index contributed by atoms with van der Waals surface area (Å²) in [5.74, 6) is 0. The van der Waals surface area contributed by atoms with E-state index in [2.05, 4.69) is 239 Å². The van der Waals surface area contributed by atoms with Crippen LogP contribution in [0.1, 0.15) is 52.7 Å². The maximum absolute atomic E-state index is 2.58. The van der Waals surface area contributed by atoms with Crippen LogP contribution in [0.2, 0.25) is 0 Å². The quantitative estimate of drug-likeness (QED) is 0.164. The topological polar surface area (TPSA) is 6.48 Å². The van der Waals surface area contributed by atoms with Crippen LogP contribution in [0, 0.1) is 0 Å². The lowest BCUT2D eigenvalue weighted by molar-refractivity contribution is 0.572. The monoisotopic (exact) mass is 784 g/mol. The second-order valence-electron chi connectivity index (χ2n) is 19.0. The summed E-state index contributed by atoms with van der Waals surface area (Å²) in [5, 5.41) is 4.99. The van der Waals surface area contributed by atoms with Crippen LogP contribution in [-0.2, 0) is 10.8 Å². The van der Waals surface area contributed by atoms with Crippen molar-refractivity contribution in [2.45, 2.75) is 52.4 Å². The Morgan fingerprint density at radius 1 is 0.377 bits per heavy atom. The molecule has 3 heteroatoms. The van der Waals surface area contributed by atoms with Gasteiger partial charge in [-0.3, -0.25) is 0 Å². The Bertz CT molecular complexity index is 2970. The van der Waals surface area contributed by atoms with Crippen molar-refractivity contribution < 1.29 is 0 Å². The zero-order valence-corrected chi connectivity index (χ0v) is 35.9. The average Bonchev–Trinajstić information content (AvgIpc) is 3.28. The van der Waals surface area contributed by atoms with E-state index >= 15 is 0 Å². The molecule has 0 saturated heterocycles. The van der Waals surface area contributed by atoms with Crippen molar-refractivity contribution >= 4 is 78.8 Å². The van der Waals surface area contributed by atoms with Gasteiger partial charge in [0, 0.05) is 44.9 Å². The highest BCUT2D eigenvalue weighted by molar-refractivity contribution is 7.00. The zero-order valence-electron chi connectivity index (χ0n) is 35.9. The molecular weight excluding hydrogens is 735 g/mol. The number of anilines is 6. The first-order valence-electron chi connectivity index (χ1n) is 21.7. The molecule has 61 heavy (non-hydrogen) atoms. The smallest absolute Gasteiger partial charge is 0.252 e. The van der Waals surface area contributed by atoms with Crippen LogP contribution < -0.4 is 26.2 Å². The van der Waals surface area contributed by atoms with Gasteiger partial charge in [-0.05, 0) is 120 Å². The van der Waals surface area contributed by atoms with Crippen molar-refractivity contribution in [3.8, 4) is 22.3 Å². The van der Waals surface area contributed by atoms with Crippen LogP contribution in [0.5, 0.6) is 0 Å². The van der Waals surface area contributed by atoms with Crippen LogP contribution in [0.4, 0.5) is 34.1 Å². The van der Waals surface area contributed by atoms with Crippen LogP contribution in [0.25, 0.3) is 43.8 Å². The molecule has 9 aromatic rings. The molecule has 294 valence electrons. The van der Waals surface area contributed by atoms with Gasteiger partial charge >= 0.3 is 0 Å². The van der Waals surface area contributed by atoms with Crippen molar-refractivity contribution in [1.82, 2.24) is 0 Å². The number of fused-ring (bicyclic) bond motifs is 8. The Hall–Kier alpha value is -6.84. The molecule has 0 radical (unpaired) electrons. The molecule has 0 saturated carbocycles. The van der Waals surface area contributed by atoms with E-state index in [1.165, 1.54) is 94.1 Å². The average molecular weight is 785 g/mol. The summed E-state index contributed by atoms with van der Waals surface area (Å²) < 4.78 is 0. The van der Waals surface area contributed by atoms with Crippen molar-refractivity contribution in [3.05, 3.63) is 199 Å². The highest BCUT2D eigenvalue weighted by atomic mass is 15.2. The Labute approximate surface area is 360 Å². The van der Waals surface area contributed by atoms with Gasteiger partial charge in [0.05, 0.1) is 0 Å². The van der Waals surface area contributed by atoms with Gasteiger partial charge in [0.1, 0.15) is 0 Å². The Kier molecular flexibility index (Phi) is 8.45. The largest absolute Gasteiger partial charge is 0.311 e. The molecular formula is C58H49BN2. The van der Waals surface area contributed by atoms with Gasteiger partial charge in [0.15, 0.2) is 0 Å². The number of nitrogens with zero attached hydrogens (tertiary/aromatic N) is 2. The summed E-state index contributed by atoms with van der Waals surface area (Å²) in [6.45, 7) is 14.3. The molecule has 2 aliphatic heterocycles. The van der Waals surface area contributed by atoms with Crippen LogP contribution in [-0.4, -0.2) is 6.71 Å². The van der Waals surface area contributed by atoms with Crippen molar-refractivity contribution in [1.29, 1.82) is 0 Å². The summed E-state index contributed by atoms with van der Waals surface area (Å²) >= 11 is 0. The molecule has 0 aliphatic carbocycles. The molecule has 11 rings (SSSR count). The molecule has 0 bridgehead atoms. The highest BCUT2D eigenvalue weighted by Gasteiger charge is 2.45. The van der Waals surface area contributed by atoms with Gasteiger partial charge in [0.25, 0.3) is 6.71 Å². The Morgan fingerprint density at radius 2 is 0.787 bits per heavy atom. The lowest BCUT2D eigenvalue weighted by Gasteiger charge is -2.45. The van der Waals surface area contributed by atoms with E-state index in [0.29, 0.717) is 0 Å². The van der Waals surface area contributed by atoms with Gasteiger partial charge in [-0.15, -0.1) is 0 Å². The molecule has 0 N–H and O–H groups in total. The molecule has 0 amide bonds. The van der Waals surface area contributed by atoms with E-state index < -0.39 is 0 Å². The second kappa shape index (κ2) is 13.9. The first-order valence-corrected chi connectivity index (χ1v) is 21.7. The summed E-state index contributed by atoms with van der Waals surface area (Å²) in [5.41, 5.74) is 18.7. The molecule has 0 atom stereocenters. The maximum atomic E-state index is 2.58. The SMILES string of the molecule is CC(C)(C)c1cc(-c2ccccc2)cc(C(C)(C)C)c1-c1cc2c3c(c1)N(c1ccccc1)c1c(ccc4ccccc14)B3c1ccc3ccccc3c1N2c1ccccc1. The lowest BCUT2D eigenvalue weighted by atomic mass is 9.33. The van der Waals surface area contributed by atoms with E-state index in [4.69, 9.17) is 0 Å². The molecule has 0 aromatic heterocycles. The fourth-order valence-electron chi connectivity index (χ4n) is 10.3. The summed E-state index contributed by atoms with van der Waals surface area (Å²) in [7, 11) is 0. The fourth-order valence-corrected chi connectivity index (χ4v) is 10.3. The van der Waals surface area contributed by atoms with E-state index in [-0.39, 0.29) is 17.5 Å². The molecule has 2 nitrogen and oxygen atoms in total. The van der Waals surface area contributed by atoms with Gasteiger partial charge in [0.2, 0.25) is 0 Å². The highest BCUT2D eigenvalue weighted by Crippen LogP contribution is 2.51. The summed E-state index contributed by atoms with van der Waals surface area (Å²) in [6.07, 6.45) is 0. The summed E-state index contributed by atoms with van der Waals surface area (Å²) in [6, 6.07) is 70.4. The molecule has 0 fully saturated rings. The van der Waals surface area contributed by atoms with Crippen LogP contribution in [0.3, 0.4) is 0 Å². The number of para-hydroxylation sites is 2. The Morgan fingerprint density at radius 3 is 1.23 bits per heavy atom. The van der Waals surface area contributed by atoms with Crippen LogP contribution in [0.15, 0.2) is 188 Å². The van der Waals surface area contributed by atoms with Gasteiger partial charge in [-0.1, -0.05) is 181 Å². The molecule has 2 heterocycles. The summed E-state index contributed by atoms with van der Waals surface area (Å²) in [4.78, 5) is 5.16. The number of benzene rings is 9. The van der Waals surface area contributed by atoms with E-state index in [1.807, 2.05) is 0 Å². The van der Waals surface area contributed by atoms with Crippen molar-refractivity contribution in [2.75, 3.05) is 9.80 Å². The zero-order chi connectivity index (χ0) is 41.6. The number of hydrogen-bond acceptors (Lipinski definition) is 2. The lowest BCUT2D eigenvalue weighted by Crippen LogP contribution is -2.61. The van der Waals surface area contributed by atoms with Gasteiger partial charge in [-0.2, -0.15) is 0 Å². The Balaban J connectivity index is 1.34. The van der Waals surface area contributed by atoms with E-state index in [0.717, 1.165) is 11.4 Å². The molecule has 0 unspecified atom stereocenters. The van der Waals surface area contributed by atoms with Crippen LogP contribution >= 0.6 is 0 Å². The minimum atomic E-state index is -0.153. The van der Waals surface area contributed by atoms with E-state index in [1.54, 1.807) is 0 Å². The standard InChI is InChI=1S/C58H49BN2/c1-57(2,3)47-34-41(38-20-10-7-11-21-38)35-48(58(4,5)6)53(47)42-36-51-54-52(37-42)61(44-26-14-9-15-27-44)56-46-29-19-17-23-40(46)31-33-50(56)59(54)49-32-30-39-22-16-18-28-45(39)55(49)60(51)43-24-12-8-13-25-43/h7-37H,1-6H3. The minimum absolute atomic E-state index is 0.00261. The first kappa shape index (κ1) is 37.2. The predicted molar refractivity (Wildman–Crippen MR) is 264 cm³/mol. The van der Waals surface area contributed by atoms with Gasteiger partial charge in [-0.25, -0.2) is 0 Å². The van der Waals surface area contributed by atoms with Crippen molar-refractivity contribution in [2.24, 2.45) is 0 Å². The number of rotatable bonds is 4. The predicted octanol–water partition coefficient (Wildman–Crippen LogP) is 14.0. The molecule has 9 aromatic carbocycles. The third-order valence-electron chi connectivity index (χ3n) is 13.0. The third kappa shape index (κ3) is 5.93. The minimum Gasteiger partial charge on any atom is -0.311 e.